The van der Waals surface area contributed by atoms with E-state index >= 15 is 0 Å². The van der Waals surface area contributed by atoms with Gasteiger partial charge in [-0.3, -0.25) is 4.90 Å². The summed E-state index contributed by atoms with van der Waals surface area (Å²) in [5.74, 6) is -0.957. The van der Waals surface area contributed by atoms with Crippen molar-refractivity contribution in [2.24, 2.45) is 5.92 Å². The molecule has 2 aliphatic heterocycles. The Morgan fingerprint density at radius 1 is 1.26 bits per heavy atom. The Bertz CT molecular complexity index is 502. The molecule has 2 saturated heterocycles. The number of rotatable bonds is 1. The molecule has 0 aromatic heterocycles. The average molecular weight is 327 g/mol. The van der Waals surface area contributed by atoms with E-state index in [0.29, 0.717) is 25.9 Å². The molecule has 8 nitrogen and oxygen atoms in total. The zero-order valence-corrected chi connectivity index (χ0v) is 14.0. The van der Waals surface area contributed by atoms with Gasteiger partial charge in [0.25, 0.3) is 0 Å². The molecular weight excluding hydrogens is 302 g/mol. The van der Waals surface area contributed by atoms with Crippen molar-refractivity contribution in [2.45, 2.75) is 51.3 Å². The van der Waals surface area contributed by atoms with E-state index < -0.39 is 23.7 Å². The van der Waals surface area contributed by atoms with Crippen LogP contribution in [0, 0.1) is 5.92 Å². The van der Waals surface area contributed by atoms with E-state index in [0.717, 1.165) is 0 Å². The van der Waals surface area contributed by atoms with Crippen LogP contribution in [0.1, 0.15) is 33.6 Å². The number of carbonyl (C=O) groups excluding carboxylic acids is 2. The zero-order valence-electron chi connectivity index (χ0n) is 14.0. The Balaban J connectivity index is 2.22. The molecule has 0 radical (unpaired) electrons. The lowest BCUT2D eigenvalue weighted by Crippen LogP contribution is -2.55. The number of nitrogens with one attached hydrogen (secondary N) is 1. The van der Waals surface area contributed by atoms with Gasteiger partial charge in [-0.15, -0.1) is 0 Å². The fourth-order valence-electron chi connectivity index (χ4n) is 3.34. The van der Waals surface area contributed by atoms with Crippen LogP contribution in [0.3, 0.4) is 0 Å². The monoisotopic (exact) mass is 327 g/mol. The SMILES string of the molecule is CNC(=O)N1CC[C@@H]2C[C@H](C(=O)O)N(C(=O)OC(C)(C)C)[C@H]2C1. The fraction of sp³-hybridized carbons (Fsp3) is 0.800. The van der Waals surface area contributed by atoms with Crippen molar-refractivity contribution in [1.29, 1.82) is 0 Å². The first kappa shape index (κ1) is 17.4. The smallest absolute Gasteiger partial charge is 0.411 e. The highest BCUT2D eigenvalue weighted by Crippen LogP contribution is 2.37. The number of hydrogen-bond donors (Lipinski definition) is 2. The van der Waals surface area contributed by atoms with E-state index in [9.17, 15) is 19.5 Å². The van der Waals surface area contributed by atoms with Gasteiger partial charge in [0.1, 0.15) is 11.6 Å². The average Bonchev–Trinajstić information content (AvgIpc) is 2.83. The number of likely N-dealkylation sites (tertiary alicyclic amines) is 2. The molecule has 8 heteroatoms. The highest BCUT2D eigenvalue weighted by molar-refractivity contribution is 5.81. The molecule has 0 bridgehead atoms. The van der Waals surface area contributed by atoms with E-state index in [2.05, 4.69) is 5.32 Å². The second-order valence-corrected chi connectivity index (χ2v) is 7.09. The van der Waals surface area contributed by atoms with E-state index in [4.69, 9.17) is 4.74 Å². The number of ether oxygens (including phenoxy) is 1. The molecule has 2 rings (SSSR count). The lowest BCUT2D eigenvalue weighted by Gasteiger charge is -2.38. The van der Waals surface area contributed by atoms with Crippen molar-refractivity contribution in [2.75, 3.05) is 20.1 Å². The molecule has 23 heavy (non-hydrogen) atoms. The maximum absolute atomic E-state index is 12.5. The van der Waals surface area contributed by atoms with E-state index in [-0.39, 0.29) is 18.0 Å². The molecule has 0 aromatic carbocycles. The zero-order chi connectivity index (χ0) is 17.4. The second kappa shape index (κ2) is 6.25. The summed E-state index contributed by atoms with van der Waals surface area (Å²) in [6.45, 7) is 6.12. The van der Waals surface area contributed by atoms with Crippen LogP contribution in [0.4, 0.5) is 9.59 Å². The molecule has 3 amide bonds. The number of urea groups is 1. The van der Waals surface area contributed by atoms with Gasteiger partial charge in [0.15, 0.2) is 0 Å². The number of piperidine rings is 1. The number of nitrogens with zero attached hydrogens (tertiary/aromatic N) is 2. The van der Waals surface area contributed by atoms with Crippen molar-refractivity contribution < 1.29 is 24.2 Å². The molecule has 0 aromatic rings. The van der Waals surface area contributed by atoms with Crippen LogP contribution in [0.5, 0.6) is 0 Å². The van der Waals surface area contributed by atoms with Crippen LogP contribution in [0.15, 0.2) is 0 Å². The first-order valence-corrected chi connectivity index (χ1v) is 7.85. The molecule has 0 unspecified atom stereocenters. The molecule has 3 atom stereocenters. The lowest BCUT2D eigenvalue weighted by atomic mass is 9.91. The summed E-state index contributed by atoms with van der Waals surface area (Å²) in [6, 6.07) is -1.44. The van der Waals surface area contributed by atoms with Gasteiger partial charge in [-0.1, -0.05) is 0 Å². The maximum Gasteiger partial charge on any atom is 0.411 e. The summed E-state index contributed by atoms with van der Waals surface area (Å²) in [7, 11) is 1.55. The fourth-order valence-corrected chi connectivity index (χ4v) is 3.34. The third-order valence-electron chi connectivity index (χ3n) is 4.33. The van der Waals surface area contributed by atoms with Gasteiger partial charge in [0, 0.05) is 20.1 Å². The number of aliphatic carboxylic acids is 1. The summed E-state index contributed by atoms with van der Waals surface area (Å²) >= 11 is 0. The molecular formula is C15H25N3O5. The summed E-state index contributed by atoms with van der Waals surface area (Å²) in [5, 5.41) is 12.0. The standard InChI is InChI=1S/C15H25N3O5/c1-15(2,3)23-14(22)18-10(12(19)20)7-9-5-6-17(8-11(9)18)13(21)16-4/h9-11H,5-8H2,1-4H3,(H,16,21)(H,19,20)/t9-,10-,11+/m1/s1. The summed E-state index contributed by atoms with van der Waals surface area (Å²) in [4.78, 5) is 38.8. The molecule has 0 aliphatic carbocycles. The van der Waals surface area contributed by atoms with Crippen molar-refractivity contribution >= 4 is 18.1 Å². The second-order valence-electron chi connectivity index (χ2n) is 7.09. The Kier molecular flexibility index (Phi) is 4.72. The first-order valence-electron chi connectivity index (χ1n) is 7.85. The molecule has 0 saturated carbocycles. The van der Waals surface area contributed by atoms with Crippen LogP contribution >= 0.6 is 0 Å². The Morgan fingerprint density at radius 3 is 2.43 bits per heavy atom. The van der Waals surface area contributed by atoms with Crippen LogP contribution in [-0.2, 0) is 9.53 Å². The number of hydrogen-bond acceptors (Lipinski definition) is 4. The number of carboxylic acid groups (broad SMARTS) is 1. The molecule has 0 spiro atoms. The van der Waals surface area contributed by atoms with Gasteiger partial charge in [-0.25, -0.2) is 14.4 Å². The van der Waals surface area contributed by atoms with Crippen molar-refractivity contribution in [1.82, 2.24) is 15.1 Å². The third-order valence-corrected chi connectivity index (χ3v) is 4.33. The van der Waals surface area contributed by atoms with Crippen molar-refractivity contribution in [3.8, 4) is 0 Å². The molecule has 130 valence electrons. The van der Waals surface area contributed by atoms with Gasteiger partial charge in [0.05, 0.1) is 6.04 Å². The maximum atomic E-state index is 12.5. The Hall–Kier alpha value is -1.99. The van der Waals surface area contributed by atoms with Crippen LogP contribution in [0.2, 0.25) is 0 Å². The van der Waals surface area contributed by atoms with Crippen LogP contribution in [-0.4, -0.2) is 70.8 Å². The minimum Gasteiger partial charge on any atom is -0.480 e. The topological polar surface area (TPSA) is 99.2 Å². The van der Waals surface area contributed by atoms with E-state index in [1.807, 2.05) is 0 Å². The highest BCUT2D eigenvalue weighted by atomic mass is 16.6. The minimum absolute atomic E-state index is 0.0736. The van der Waals surface area contributed by atoms with Gasteiger partial charge in [-0.05, 0) is 39.5 Å². The van der Waals surface area contributed by atoms with Crippen molar-refractivity contribution in [3.63, 3.8) is 0 Å². The molecule has 2 heterocycles. The third kappa shape index (κ3) is 3.68. The number of carbonyl (C=O) groups is 3. The largest absolute Gasteiger partial charge is 0.480 e. The predicted molar refractivity (Wildman–Crippen MR) is 82.0 cm³/mol. The normalized spacial score (nSPS) is 27.4. The number of fused-ring (bicyclic) bond motifs is 1. The number of amides is 3. The van der Waals surface area contributed by atoms with Crippen LogP contribution < -0.4 is 5.32 Å². The summed E-state index contributed by atoms with van der Waals surface area (Å²) in [6.07, 6.45) is 0.457. The highest BCUT2D eigenvalue weighted by Gasteiger charge is 2.50. The Labute approximate surface area is 135 Å². The quantitative estimate of drug-likeness (QED) is 0.751. The first-order chi connectivity index (χ1) is 10.6. The summed E-state index contributed by atoms with van der Waals surface area (Å²) in [5.41, 5.74) is -0.701. The van der Waals surface area contributed by atoms with Crippen molar-refractivity contribution in [3.05, 3.63) is 0 Å². The predicted octanol–water partition coefficient (Wildman–Crippen LogP) is 1.11. The molecule has 2 N–H and O–H groups in total. The van der Waals surface area contributed by atoms with Gasteiger partial charge < -0.3 is 20.1 Å². The minimum atomic E-state index is -1.03. The van der Waals surface area contributed by atoms with E-state index in [1.54, 1.807) is 32.7 Å². The molecule has 2 fully saturated rings. The van der Waals surface area contributed by atoms with Gasteiger partial charge in [0.2, 0.25) is 0 Å². The van der Waals surface area contributed by atoms with Crippen LogP contribution in [0.25, 0.3) is 0 Å². The molecule has 2 aliphatic rings. The van der Waals surface area contributed by atoms with Gasteiger partial charge in [-0.2, -0.15) is 0 Å². The van der Waals surface area contributed by atoms with Gasteiger partial charge >= 0.3 is 18.1 Å². The summed E-state index contributed by atoms with van der Waals surface area (Å²) < 4.78 is 5.38. The Morgan fingerprint density at radius 2 is 1.91 bits per heavy atom. The van der Waals surface area contributed by atoms with E-state index in [1.165, 1.54) is 4.90 Å². The lowest BCUT2D eigenvalue weighted by molar-refractivity contribution is -0.142. The number of carboxylic acids is 1.